The molecule has 0 unspecified atom stereocenters. The molecule has 0 spiro atoms. The van der Waals surface area contributed by atoms with Crippen molar-refractivity contribution in [3.05, 3.63) is 35.9 Å². The van der Waals surface area contributed by atoms with Gasteiger partial charge in [-0.05, 0) is 18.9 Å². The van der Waals surface area contributed by atoms with Crippen LogP contribution in [0.4, 0.5) is 0 Å². The number of benzene rings is 1. The summed E-state index contributed by atoms with van der Waals surface area (Å²) in [5, 5.41) is 2.77. The first-order chi connectivity index (χ1) is 6.70. The minimum absolute atomic E-state index is 0. The van der Waals surface area contributed by atoms with Crippen molar-refractivity contribution in [3.63, 3.8) is 0 Å². The third kappa shape index (κ3) is 5.40. The predicted molar refractivity (Wildman–Crippen MR) is 64.1 cm³/mol. The predicted octanol–water partition coefficient (Wildman–Crippen LogP) is 1.11. The summed E-state index contributed by atoms with van der Waals surface area (Å²) in [6, 6.07) is 9.61. The minimum atomic E-state index is -0.425. The highest BCUT2D eigenvalue weighted by molar-refractivity contribution is 5.85. The Labute approximate surface area is 96.5 Å². The van der Waals surface area contributed by atoms with Gasteiger partial charge in [-0.25, -0.2) is 0 Å². The number of carbonyl (C=O) groups excluding carboxylic acids is 1. The molecule has 4 heteroatoms. The van der Waals surface area contributed by atoms with Crippen molar-refractivity contribution < 1.29 is 4.79 Å². The van der Waals surface area contributed by atoms with E-state index in [-0.39, 0.29) is 18.3 Å². The van der Waals surface area contributed by atoms with E-state index in [4.69, 9.17) is 5.73 Å². The van der Waals surface area contributed by atoms with Gasteiger partial charge in [-0.1, -0.05) is 30.3 Å². The lowest BCUT2D eigenvalue weighted by molar-refractivity contribution is -0.121. The molecule has 15 heavy (non-hydrogen) atoms. The summed E-state index contributed by atoms with van der Waals surface area (Å²) in [5.41, 5.74) is 6.62. The number of halogens is 1. The first kappa shape index (κ1) is 13.9. The summed E-state index contributed by atoms with van der Waals surface area (Å²) >= 11 is 0. The largest absolute Gasteiger partial charge is 0.354 e. The molecule has 3 N–H and O–H groups in total. The zero-order valence-corrected chi connectivity index (χ0v) is 9.59. The fourth-order valence-corrected chi connectivity index (χ4v) is 1.14. The molecule has 0 heterocycles. The van der Waals surface area contributed by atoms with Crippen LogP contribution in [0.15, 0.2) is 30.3 Å². The Hall–Kier alpha value is -1.06. The maximum absolute atomic E-state index is 11.1. The molecule has 0 radical (unpaired) electrons. The van der Waals surface area contributed by atoms with Crippen molar-refractivity contribution in [2.75, 3.05) is 6.54 Å². The molecule has 0 aliphatic rings. The summed E-state index contributed by atoms with van der Waals surface area (Å²) in [7, 11) is 0. The smallest absolute Gasteiger partial charge is 0.236 e. The SMILES string of the molecule is C[C@H](N)C(=O)NCCc1ccccc1.Cl. The second kappa shape index (κ2) is 7.26. The van der Waals surface area contributed by atoms with E-state index in [1.54, 1.807) is 6.92 Å². The topological polar surface area (TPSA) is 55.1 Å². The zero-order chi connectivity index (χ0) is 10.4. The summed E-state index contributed by atoms with van der Waals surface area (Å²) in [6.45, 7) is 2.32. The van der Waals surface area contributed by atoms with Crippen LogP contribution in [0.25, 0.3) is 0 Å². The number of carbonyl (C=O) groups is 1. The number of nitrogens with one attached hydrogen (secondary N) is 1. The average Bonchev–Trinajstić information content (AvgIpc) is 2.19. The van der Waals surface area contributed by atoms with Crippen molar-refractivity contribution in [1.29, 1.82) is 0 Å². The number of hydrogen-bond donors (Lipinski definition) is 2. The van der Waals surface area contributed by atoms with Crippen molar-refractivity contribution >= 4 is 18.3 Å². The second-order valence-electron chi connectivity index (χ2n) is 3.32. The van der Waals surface area contributed by atoms with E-state index in [0.717, 1.165) is 6.42 Å². The van der Waals surface area contributed by atoms with Crippen molar-refractivity contribution in [2.24, 2.45) is 5.73 Å². The number of nitrogens with two attached hydrogens (primary N) is 1. The first-order valence-corrected chi connectivity index (χ1v) is 4.77. The quantitative estimate of drug-likeness (QED) is 0.812. The maximum Gasteiger partial charge on any atom is 0.236 e. The molecule has 1 atom stereocenters. The van der Waals surface area contributed by atoms with Gasteiger partial charge in [0.15, 0.2) is 0 Å². The molecule has 0 aliphatic heterocycles. The molecule has 1 aromatic carbocycles. The Bertz CT molecular complexity index is 288. The van der Waals surface area contributed by atoms with Crippen LogP contribution < -0.4 is 11.1 Å². The molecule has 0 aliphatic carbocycles. The van der Waals surface area contributed by atoms with Crippen LogP contribution in [0.1, 0.15) is 12.5 Å². The highest BCUT2D eigenvalue weighted by atomic mass is 35.5. The lowest BCUT2D eigenvalue weighted by Crippen LogP contribution is -2.39. The molecule has 3 nitrogen and oxygen atoms in total. The van der Waals surface area contributed by atoms with E-state index in [2.05, 4.69) is 5.32 Å². The van der Waals surface area contributed by atoms with Crippen LogP contribution in [0.3, 0.4) is 0 Å². The Balaban J connectivity index is 0.00000196. The highest BCUT2D eigenvalue weighted by Crippen LogP contribution is 1.97. The van der Waals surface area contributed by atoms with E-state index in [1.807, 2.05) is 30.3 Å². The Morgan fingerprint density at radius 3 is 2.53 bits per heavy atom. The van der Waals surface area contributed by atoms with Crippen LogP contribution >= 0.6 is 12.4 Å². The van der Waals surface area contributed by atoms with Crippen LogP contribution in [-0.2, 0) is 11.2 Å². The lowest BCUT2D eigenvalue weighted by atomic mass is 10.1. The van der Waals surface area contributed by atoms with Crippen LogP contribution in [0.5, 0.6) is 0 Å². The van der Waals surface area contributed by atoms with Crippen molar-refractivity contribution in [3.8, 4) is 0 Å². The molecular weight excluding hydrogens is 212 g/mol. The first-order valence-electron chi connectivity index (χ1n) is 4.77. The monoisotopic (exact) mass is 228 g/mol. The van der Waals surface area contributed by atoms with Gasteiger partial charge in [-0.15, -0.1) is 12.4 Å². The molecule has 84 valence electrons. The van der Waals surface area contributed by atoms with E-state index in [1.165, 1.54) is 5.56 Å². The van der Waals surface area contributed by atoms with Gasteiger partial charge in [-0.2, -0.15) is 0 Å². The summed E-state index contributed by atoms with van der Waals surface area (Å²) in [6.07, 6.45) is 0.847. The molecule has 0 saturated carbocycles. The number of rotatable bonds is 4. The minimum Gasteiger partial charge on any atom is -0.354 e. The molecule has 0 bridgehead atoms. The third-order valence-electron chi connectivity index (χ3n) is 1.97. The van der Waals surface area contributed by atoms with Gasteiger partial charge >= 0.3 is 0 Å². The fraction of sp³-hybridized carbons (Fsp3) is 0.364. The summed E-state index contributed by atoms with van der Waals surface area (Å²) in [5.74, 6) is -0.0964. The van der Waals surface area contributed by atoms with Gasteiger partial charge in [0.2, 0.25) is 5.91 Å². The van der Waals surface area contributed by atoms with E-state index >= 15 is 0 Å². The summed E-state index contributed by atoms with van der Waals surface area (Å²) < 4.78 is 0. The molecule has 1 aromatic rings. The molecule has 0 aromatic heterocycles. The average molecular weight is 229 g/mol. The molecule has 1 amide bonds. The van der Waals surface area contributed by atoms with Crippen molar-refractivity contribution in [1.82, 2.24) is 5.32 Å². The van der Waals surface area contributed by atoms with E-state index < -0.39 is 6.04 Å². The van der Waals surface area contributed by atoms with E-state index in [9.17, 15) is 4.79 Å². The van der Waals surface area contributed by atoms with Gasteiger partial charge in [0.25, 0.3) is 0 Å². The van der Waals surface area contributed by atoms with Crippen LogP contribution in [-0.4, -0.2) is 18.5 Å². The number of amides is 1. The summed E-state index contributed by atoms with van der Waals surface area (Å²) in [4.78, 5) is 11.1. The molecular formula is C11H17ClN2O. The molecule has 0 saturated heterocycles. The molecule has 0 fully saturated rings. The van der Waals surface area contributed by atoms with Crippen LogP contribution in [0, 0.1) is 0 Å². The standard InChI is InChI=1S/C11H16N2O.ClH/c1-9(12)11(14)13-8-7-10-5-3-2-4-6-10;/h2-6,9H,7-8,12H2,1H3,(H,13,14);1H/t9-;/m0./s1. The Kier molecular flexibility index (Phi) is 6.75. The Morgan fingerprint density at radius 1 is 1.40 bits per heavy atom. The van der Waals surface area contributed by atoms with Crippen LogP contribution in [0.2, 0.25) is 0 Å². The Morgan fingerprint density at radius 2 is 2.00 bits per heavy atom. The van der Waals surface area contributed by atoms with Crippen molar-refractivity contribution in [2.45, 2.75) is 19.4 Å². The highest BCUT2D eigenvalue weighted by Gasteiger charge is 2.04. The third-order valence-corrected chi connectivity index (χ3v) is 1.97. The van der Waals surface area contributed by atoms with Gasteiger partial charge < -0.3 is 11.1 Å². The van der Waals surface area contributed by atoms with Gasteiger partial charge in [-0.3, -0.25) is 4.79 Å². The van der Waals surface area contributed by atoms with Gasteiger partial charge in [0.1, 0.15) is 0 Å². The van der Waals surface area contributed by atoms with E-state index in [0.29, 0.717) is 6.54 Å². The fourth-order valence-electron chi connectivity index (χ4n) is 1.14. The second-order valence-corrected chi connectivity index (χ2v) is 3.32. The normalized spacial score (nSPS) is 11.3. The zero-order valence-electron chi connectivity index (χ0n) is 8.77. The maximum atomic E-state index is 11.1. The lowest BCUT2D eigenvalue weighted by Gasteiger charge is -2.07. The number of hydrogen-bond acceptors (Lipinski definition) is 2. The van der Waals surface area contributed by atoms with Gasteiger partial charge in [0, 0.05) is 6.54 Å². The van der Waals surface area contributed by atoms with Gasteiger partial charge in [0.05, 0.1) is 6.04 Å². The molecule has 1 rings (SSSR count).